The highest BCUT2D eigenvalue weighted by molar-refractivity contribution is 7.09. The van der Waals surface area contributed by atoms with Crippen molar-refractivity contribution in [3.63, 3.8) is 0 Å². The summed E-state index contributed by atoms with van der Waals surface area (Å²) in [6.07, 6.45) is 0. The highest BCUT2D eigenvalue weighted by Crippen LogP contribution is 2.15. The van der Waals surface area contributed by atoms with Crippen LogP contribution in [0.15, 0.2) is 35.7 Å². The van der Waals surface area contributed by atoms with Gasteiger partial charge in [-0.1, -0.05) is 23.8 Å². The summed E-state index contributed by atoms with van der Waals surface area (Å²) in [6.45, 7) is 5.44. The van der Waals surface area contributed by atoms with E-state index >= 15 is 0 Å². The molecule has 0 radical (unpaired) electrons. The van der Waals surface area contributed by atoms with E-state index in [0.29, 0.717) is 6.54 Å². The molecule has 1 amide bonds. The Morgan fingerprint density at radius 2 is 2.10 bits per heavy atom. The minimum absolute atomic E-state index is 0.0611. The number of quaternary nitrogens is 1. The van der Waals surface area contributed by atoms with Gasteiger partial charge in [-0.2, -0.15) is 0 Å². The Hall–Kier alpha value is -1.65. The Morgan fingerprint density at radius 1 is 1.30 bits per heavy atom. The number of anilines is 1. The molecular formula is C16H21N2OS+. The van der Waals surface area contributed by atoms with E-state index in [-0.39, 0.29) is 5.91 Å². The summed E-state index contributed by atoms with van der Waals surface area (Å²) >= 11 is 1.73. The maximum atomic E-state index is 12.1. The zero-order chi connectivity index (χ0) is 14.5. The first kappa shape index (κ1) is 14.8. The fourth-order valence-electron chi connectivity index (χ4n) is 2.20. The van der Waals surface area contributed by atoms with Crippen LogP contribution in [0.5, 0.6) is 0 Å². The Balaban J connectivity index is 1.88. The number of nitrogens with one attached hydrogen (secondary N) is 2. The summed E-state index contributed by atoms with van der Waals surface area (Å²) < 4.78 is 0. The lowest BCUT2D eigenvalue weighted by molar-refractivity contribution is -0.884. The van der Waals surface area contributed by atoms with Gasteiger partial charge in [-0.3, -0.25) is 4.79 Å². The summed E-state index contributed by atoms with van der Waals surface area (Å²) in [7, 11) is 2.04. The van der Waals surface area contributed by atoms with Gasteiger partial charge in [0.2, 0.25) is 0 Å². The summed E-state index contributed by atoms with van der Waals surface area (Å²) in [5.74, 6) is 0.0611. The van der Waals surface area contributed by atoms with Gasteiger partial charge < -0.3 is 10.2 Å². The monoisotopic (exact) mass is 289 g/mol. The van der Waals surface area contributed by atoms with Crippen LogP contribution in [0.4, 0.5) is 5.69 Å². The first-order valence-electron chi connectivity index (χ1n) is 6.75. The van der Waals surface area contributed by atoms with Crippen LogP contribution in [0.3, 0.4) is 0 Å². The van der Waals surface area contributed by atoms with E-state index in [9.17, 15) is 4.79 Å². The summed E-state index contributed by atoms with van der Waals surface area (Å²) in [4.78, 5) is 14.6. The van der Waals surface area contributed by atoms with Crippen molar-refractivity contribution in [2.45, 2.75) is 20.4 Å². The molecule has 1 aromatic carbocycles. The van der Waals surface area contributed by atoms with Crippen LogP contribution >= 0.6 is 11.3 Å². The minimum atomic E-state index is 0.0611. The van der Waals surface area contributed by atoms with Crippen LogP contribution in [0.1, 0.15) is 16.0 Å². The van der Waals surface area contributed by atoms with Gasteiger partial charge in [-0.05, 0) is 36.9 Å². The van der Waals surface area contributed by atoms with Crippen LogP contribution in [-0.4, -0.2) is 19.5 Å². The summed E-state index contributed by atoms with van der Waals surface area (Å²) in [6, 6.07) is 10.2. The Kier molecular flexibility index (Phi) is 4.93. The molecule has 0 aliphatic heterocycles. The third-order valence-electron chi connectivity index (χ3n) is 3.17. The number of hydrogen-bond donors (Lipinski definition) is 2. The van der Waals surface area contributed by atoms with Crippen LogP contribution in [0, 0.1) is 13.8 Å². The molecule has 1 atom stereocenters. The molecule has 0 saturated carbocycles. The summed E-state index contributed by atoms with van der Waals surface area (Å²) in [5, 5.41) is 5.06. The molecule has 1 aromatic heterocycles. The van der Waals surface area contributed by atoms with Crippen molar-refractivity contribution in [2.75, 3.05) is 18.9 Å². The largest absolute Gasteiger partial charge is 0.325 e. The van der Waals surface area contributed by atoms with Crippen LogP contribution in [0.25, 0.3) is 0 Å². The molecular weight excluding hydrogens is 268 g/mol. The molecule has 20 heavy (non-hydrogen) atoms. The SMILES string of the molecule is Cc1ccc(NC(=O)C[NH+](C)Cc2cccs2)c(C)c1. The molecule has 2 rings (SSSR count). The third-order valence-corrected chi connectivity index (χ3v) is 4.05. The molecule has 2 N–H and O–H groups in total. The average molecular weight is 289 g/mol. The number of likely N-dealkylation sites (N-methyl/N-ethyl adjacent to an activating group) is 1. The van der Waals surface area contributed by atoms with Crippen molar-refractivity contribution in [3.8, 4) is 0 Å². The lowest BCUT2D eigenvalue weighted by atomic mass is 10.1. The van der Waals surface area contributed by atoms with Crippen molar-refractivity contribution in [3.05, 3.63) is 51.7 Å². The van der Waals surface area contributed by atoms with E-state index < -0.39 is 0 Å². The number of benzene rings is 1. The quantitative estimate of drug-likeness (QED) is 0.867. The number of amides is 1. The highest BCUT2D eigenvalue weighted by atomic mass is 32.1. The standard InChI is InChI=1S/C16H20N2OS/c1-12-6-7-15(13(2)9-12)17-16(19)11-18(3)10-14-5-4-8-20-14/h4-9H,10-11H2,1-3H3,(H,17,19)/p+1. The Morgan fingerprint density at radius 3 is 2.75 bits per heavy atom. The molecule has 0 aliphatic rings. The molecule has 1 unspecified atom stereocenters. The second-order valence-electron chi connectivity index (χ2n) is 5.26. The first-order chi connectivity index (χ1) is 9.54. The van der Waals surface area contributed by atoms with E-state index in [0.717, 1.165) is 17.8 Å². The van der Waals surface area contributed by atoms with Gasteiger partial charge >= 0.3 is 0 Å². The normalized spacial score (nSPS) is 12.2. The van der Waals surface area contributed by atoms with Crippen molar-refractivity contribution >= 4 is 22.9 Å². The smallest absolute Gasteiger partial charge is 0.279 e. The predicted octanol–water partition coefficient (Wildman–Crippen LogP) is 2.02. The number of thiophene rings is 1. The number of carbonyl (C=O) groups excluding carboxylic acids is 1. The molecule has 4 heteroatoms. The van der Waals surface area contributed by atoms with Gasteiger partial charge in [0, 0.05) is 5.69 Å². The zero-order valence-electron chi connectivity index (χ0n) is 12.2. The van der Waals surface area contributed by atoms with E-state index in [1.807, 2.05) is 32.2 Å². The molecule has 2 aromatic rings. The predicted molar refractivity (Wildman–Crippen MR) is 84.3 cm³/mol. The van der Waals surface area contributed by atoms with E-state index in [1.54, 1.807) is 11.3 Å². The van der Waals surface area contributed by atoms with E-state index in [1.165, 1.54) is 15.3 Å². The van der Waals surface area contributed by atoms with Gasteiger partial charge in [0.1, 0.15) is 6.54 Å². The molecule has 0 bridgehead atoms. The van der Waals surface area contributed by atoms with Crippen molar-refractivity contribution in [2.24, 2.45) is 0 Å². The molecule has 106 valence electrons. The molecule has 1 heterocycles. The van der Waals surface area contributed by atoms with Gasteiger partial charge in [0.25, 0.3) is 5.91 Å². The fourth-order valence-corrected chi connectivity index (χ4v) is 3.01. The van der Waals surface area contributed by atoms with Gasteiger partial charge in [-0.15, -0.1) is 11.3 Å². The number of aryl methyl sites for hydroxylation is 2. The maximum absolute atomic E-state index is 12.1. The average Bonchev–Trinajstić information content (AvgIpc) is 2.85. The van der Waals surface area contributed by atoms with Gasteiger partial charge in [-0.25, -0.2) is 0 Å². The number of hydrogen-bond acceptors (Lipinski definition) is 2. The molecule has 3 nitrogen and oxygen atoms in total. The molecule has 0 fully saturated rings. The van der Waals surface area contributed by atoms with Crippen LogP contribution < -0.4 is 10.2 Å². The third kappa shape index (κ3) is 4.18. The lowest BCUT2D eigenvalue weighted by Gasteiger charge is -2.14. The number of carbonyl (C=O) groups is 1. The second-order valence-corrected chi connectivity index (χ2v) is 6.29. The lowest BCUT2D eigenvalue weighted by Crippen LogP contribution is -3.08. The topological polar surface area (TPSA) is 33.5 Å². The van der Waals surface area contributed by atoms with Crippen molar-refractivity contribution in [1.29, 1.82) is 0 Å². The fraction of sp³-hybridized carbons (Fsp3) is 0.312. The van der Waals surface area contributed by atoms with Gasteiger partial charge in [0.15, 0.2) is 6.54 Å². The Labute approximate surface area is 124 Å². The molecule has 0 saturated heterocycles. The first-order valence-corrected chi connectivity index (χ1v) is 7.63. The molecule has 0 spiro atoms. The van der Waals surface area contributed by atoms with Crippen molar-refractivity contribution in [1.82, 2.24) is 0 Å². The Bertz CT molecular complexity index is 578. The zero-order valence-corrected chi connectivity index (χ0v) is 13.0. The summed E-state index contributed by atoms with van der Waals surface area (Å²) in [5.41, 5.74) is 3.22. The van der Waals surface area contributed by atoms with E-state index in [2.05, 4.69) is 29.8 Å². The van der Waals surface area contributed by atoms with Crippen LogP contribution in [-0.2, 0) is 11.3 Å². The van der Waals surface area contributed by atoms with Crippen LogP contribution in [0.2, 0.25) is 0 Å². The van der Waals surface area contributed by atoms with Crippen molar-refractivity contribution < 1.29 is 9.69 Å². The second kappa shape index (κ2) is 6.68. The minimum Gasteiger partial charge on any atom is -0.325 e. The molecule has 0 aliphatic carbocycles. The number of rotatable bonds is 5. The van der Waals surface area contributed by atoms with Gasteiger partial charge in [0.05, 0.1) is 11.9 Å². The maximum Gasteiger partial charge on any atom is 0.279 e. The highest BCUT2D eigenvalue weighted by Gasteiger charge is 2.12. The van der Waals surface area contributed by atoms with E-state index in [4.69, 9.17) is 0 Å².